The van der Waals surface area contributed by atoms with Crippen molar-refractivity contribution in [3.63, 3.8) is 0 Å². The summed E-state index contributed by atoms with van der Waals surface area (Å²) in [5.74, 6) is 0.775. The van der Waals surface area contributed by atoms with Gasteiger partial charge in [0, 0.05) is 11.6 Å². The van der Waals surface area contributed by atoms with Crippen LogP contribution in [0.3, 0.4) is 0 Å². The third kappa shape index (κ3) is 1.59. The Hall–Kier alpha value is -1.48. The van der Waals surface area contributed by atoms with Crippen LogP contribution in [0.4, 0.5) is 0 Å². The van der Waals surface area contributed by atoms with Crippen molar-refractivity contribution < 1.29 is 9.84 Å². The Morgan fingerprint density at radius 3 is 2.73 bits per heavy atom. The van der Waals surface area contributed by atoms with Crippen molar-refractivity contribution in [2.45, 2.75) is 20.0 Å². The van der Waals surface area contributed by atoms with E-state index in [2.05, 4.69) is 4.98 Å². The number of aliphatic hydroxyl groups excluding tert-OH is 1. The van der Waals surface area contributed by atoms with Crippen LogP contribution in [0.25, 0.3) is 10.9 Å². The summed E-state index contributed by atoms with van der Waals surface area (Å²) in [6.45, 7) is 3.78. The minimum absolute atomic E-state index is 0.474. The fourth-order valence-corrected chi connectivity index (χ4v) is 1.76. The third-order valence-electron chi connectivity index (χ3n) is 2.68. The summed E-state index contributed by atoms with van der Waals surface area (Å²) in [6.07, 6.45) is 1.47. The van der Waals surface area contributed by atoms with Crippen molar-refractivity contribution in [1.82, 2.24) is 4.98 Å². The maximum atomic E-state index is 9.57. The van der Waals surface area contributed by atoms with Crippen molar-refractivity contribution >= 4 is 10.9 Å². The van der Waals surface area contributed by atoms with Crippen molar-refractivity contribution in [2.24, 2.45) is 0 Å². The smallest absolute Gasteiger partial charge is 0.143 e. The Bertz CT molecular complexity index is 486. The number of aromatic nitrogens is 1. The van der Waals surface area contributed by atoms with Gasteiger partial charge in [-0.05, 0) is 37.1 Å². The molecule has 3 heteroatoms. The van der Waals surface area contributed by atoms with Gasteiger partial charge in [0.1, 0.15) is 5.75 Å². The fourth-order valence-electron chi connectivity index (χ4n) is 1.76. The first-order valence-electron chi connectivity index (χ1n) is 4.97. The first-order chi connectivity index (χ1) is 7.13. The van der Waals surface area contributed by atoms with E-state index in [1.807, 2.05) is 25.3 Å². The van der Waals surface area contributed by atoms with Gasteiger partial charge in [0.05, 0.1) is 18.7 Å². The van der Waals surface area contributed by atoms with E-state index < -0.39 is 6.10 Å². The number of benzene rings is 1. The highest BCUT2D eigenvalue weighted by Gasteiger charge is 2.10. The second-order valence-corrected chi connectivity index (χ2v) is 3.79. The monoisotopic (exact) mass is 205 g/mol. The zero-order valence-electron chi connectivity index (χ0n) is 9.16. The predicted octanol–water partition coefficient (Wildman–Crippen LogP) is 2.54. The van der Waals surface area contributed by atoms with Gasteiger partial charge < -0.3 is 14.8 Å². The number of ether oxygens (including phenoxy) is 1. The van der Waals surface area contributed by atoms with Gasteiger partial charge in [-0.25, -0.2) is 0 Å². The van der Waals surface area contributed by atoms with E-state index in [0.29, 0.717) is 0 Å². The zero-order chi connectivity index (χ0) is 11.0. The molecule has 0 spiro atoms. The van der Waals surface area contributed by atoms with Crippen LogP contribution in [0.15, 0.2) is 18.3 Å². The minimum Gasteiger partial charge on any atom is -0.495 e. The van der Waals surface area contributed by atoms with Gasteiger partial charge >= 0.3 is 0 Å². The second kappa shape index (κ2) is 3.59. The Labute approximate surface area is 88.7 Å². The minimum atomic E-state index is -0.474. The molecule has 80 valence electrons. The van der Waals surface area contributed by atoms with E-state index in [0.717, 1.165) is 27.8 Å². The largest absolute Gasteiger partial charge is 0.495 e. The van der Waals surface area contributed by atoms with Crippen LogP contribution in [0.1, 0.15) is 24.2 Å². The van der Waals surface area contributed by atoms with Crippen molar-refractivity contribution in [3.05, 3.63) is 29.5 Å². The van der Waals surface area contributed by atoms with Gasteiger partial charge in [-0.1, -0.05) is 0 Å². The fraction of sp³-hybridized carbons (Fsp3) is 0.333. The zero-order valence-corrected chi connectivity index (χ0v) is 9.16. The molecule has 0 aliphatic rings. The number of fused-ring (bicyclic) bond motifs is 1. The highest BCUT2D eigenvalue weighted by molar-refractivity contribution is 5.89. The summed E-state index contributed by atoms with van der Waals surface area (Å²) in [4.78, 5) is 3.17. The van der Waals surface area contributed by atoms with E-state index in [9.17, 15) is 5.11 Å². The van der Waals surface area contributed by atoms with Crippen LogP contribution in [-0.2, 0) is 0 Å². The van der Waals surface area contributed by atoms with Crippen LogP contribution < -0.4 is 4.74 Å². The molecule has 1 aromatic heterocycles. The van der Waals surface area contributed by atoms with Gasteiger partial charge in [0.25, 0.3) is 0 Å². The molecule has 2 aromatic rings. The molecule has 1 aromatic carbocycles. The molecule has 3 nitrogen and oxygen atoms in total. The average Bonchev–Trinajstić information content (AvgIpc) is 2.59. The highest BCUT2D eigenvalue weighted by Crippen LogP contribution is 2.30. The molecule has 0 saturated heterocycles. The van der Waals surface area contributed by atoms with E-state index in [1.54, 1.807) is 14.0 Å². The number of H-pyrrole nitrogens is 1. The summed E-state index contributed by atoms with van der Waals surface area (Å²) < 4.78 is 5.29. The van der Waals surface area contributed by atoms with E-state index in [4.69, 9.17) is 4.74 Å². The molecule has 0 amide bonds. The SMILES string of the molecule is COc1cc(C(C)O)cc2c(C)c[nH]c12. The molecule has 1 heterocycles. The topological polar surface area (TPSA) is 45.2 Å². The van der Waals surface area contributed by atoms with Gasteiger partial charge in [-0.15, -0.1) is 0 Å². The van der Waals surface area contributed by atoms with Gasteiger partial charge in [0.15, 0.2) is 0 Å². The molecule has 0 aliphatic heterocycles. The summed E-state index contributed by atoms with van der Waals surface area (Å²) in [5.41, 5.74) is 3.02. The van der Waals surface area contributed by atoms with Crippen LogP contribution in [0, 0.1) is 6.92 Å². The molecule has 0 bridgehead atoms. The third-order valence-corrected chi connectivity index (χ3v) is 2.68. The molecule has 0 radical (unpaired) electrons. The maximum Gasteiger partial charge on any atom is 0.143 e. The van der Waals surface area contributed by atoms with Gasteiger partial charge in [0.2, 0.25) is 0 Å². The summed E-state index contributed by atoms with van der Waals surface area (Å²) in [6, 6.07) is 3.86. The molecule has 0 saturated carbocycles. The number of methoxy groups -OCH3 is 1. The average molecular weight is 205 g/mol. The molecule has 2 N–H and O–H groups in total. The van der Waals surface area contributed by atoms with Crippen molar-refractivity contribution in [1.29, 1.82) is 0 Å². The van der Waals surface area contributed by atoms with Crippen molar-refractivity contribution in [2.75, 3.05) is 7.11 Å². The number of rotatable bonds is 2. The summed E-state index contributed by atoms with van der Waals surface area (Å²) in [5, 5.41) is 10.7. The lowest BCUT2D eigenvalue weighted by Crippen LogP contribution is -1.93. The van der Waals surface area contributed by atoms with Gasteiger partial charge in [-0.3, -0.25) is 0 Å². The first kappa shape index (κ1) is 10.1. The molecule has 0 aliphatic carbocycles. The Morgan fingerprint density at radius 1 is 1.40 bits per heavy atom. The molecular formula is C12H15NO2. The molecule has 1 unspecified atom stereocenters. The Kier molecular flexibility index (Phi) is 2.40. The lowest BCUT2D eigenvalue weighted by atomic mass is 10.1. The molecule has 1 atom stereocenters. The normalized spacial score (nSPS) is 13.1. The molecule has 0 fully saturated rings. The number of hydrogen-bond acceptors (Lipinski definition) is 2. The maximum absolute atomic E-state index is 9.57. The lowest BCUT2D eigenvalue weighted by Gasteiger charge is -2.09. The number of aromatic amines is 1. The quantitative estimate of drug-likeness (QED) is 0.791. The van der Waals surface area contributed by atoms with Crippen LogP contribution >= 0.6 is 0 Å². The number of nitrogens with one attached hydrogen (secondary N) is 1. The second-order valence-electron chi connectivity index (χ2n) is 3.79. The van der Waals surface area contributed by atoms with E-state index in [1.165, 1.54) is 0 Å². The molecular weight excluding hydrogens is 190 g/mol. The number of aliphatic hydroxyl groups is 1. The van der Waals surface area contributed by atoms with E-state index in [-0.39, 0.29) is 0 Å². The Morgan fingerprint density at radius 2 is 2.13 bits per heavy atom. The van der Waals surface area contributed by atoms with Crippen LogP contribution in [0.2, 0.25) is 0 Å². The first-order valence-corrected chi connectivity index (χ1v) is 4.97. The lowest BCUT2D eigenvalue weighted by molar-refractivity contribution is 0.199. The van der Waals surface area contributed by atoms with Crippen LogP contribution in [0.5, 0.6) is 5.75 Å². The summed E-state index contributed by atoms with van der Waals surface area (Å²) >= 11 is 0. The Balaban J connectivity index is 2.74. The number of aryl methyl sites for hydroxylation is 1. The number of hydrogen-bond donors (Lipinski definition) is 2. The summed E-state index contributed by atoms with van der Waals surface area (Å²) in [7, 11) is 1.64. The van der Waals surface area contributed by atoms with Crippen LogP contribution in [-0.4, -0.2) is 17.2 Å². The van der Waals surface area contributed by atoms with Gasteiger partial charge in [-0.2, -0.15) is 0 Å². The van der Waals surface area contributed by atoms with E-state index >= 15 is 0 Å². The molecule has 2 rings (SSSR count). The van der Waals surface area contributed by atoms with Crippen molar-refractivity contribution in [3.8, 4) is 5.75 Å². The predicted molar refractivity (Wildman–Crippen MR) is 60.2 cm³/mol. The standard InChI is InChI=1S/C12H15NO2/c1-7-6-13-12-10(7)4-9(8(2)14)5-11(12)15-3/h4-6,8,13-14H,1-3H3. The highest BCUT2D eigenvalue weighted by atomic mass is 16.5. The molecule has 15 heavy (non-hydrogen) atoms.